The Hall–Kier alpha value is -2.09. The zero-order chi connectivity index (χ0) is 17.3. The highest BCUT2D eigenvalue weighted by Gasteiger charge is 2.20. The predicted molar refractivity (Wildman–Crippen MR) is 94.9 cm³/mol. The lowest BCUT2D eigenvalue weighted by Crippen LogP contribution is -2.12. The Morgan fingerprint density at radius 1 is 1.25 bits per heavy atom. The van der Waals surface area contributed by atoms with E-state index >= 15 is 0 Å². The second kappa shape index (κ2) is 6.80. The van der Waals surface area contributed by atoms with Crippen LogP contribution in [0.3, 0.4) is 0 Å². The van der Waals surface area contributed by atoms with Gasteiger partial charge in [0.2, 0.25) is 0 Å². The summed E-state index contributed by atoms with van der Waals surface area (Å²) >= 11 is 13.8. The predicted octanol–water partition coefficient (Wildman–Crippen LogP) is 4.27. The van der Waals surface area contributed by atoms with E-state index in [9.17, 15) is 4.79 Å². The van der Waals surface area contributed by atoms with Crippen LogP contribution in [0.2, 0.25) is 10.0 Å². The molecule has 9 heteroatoms. The molecule has 0 aliphatic carbocycles. The van der Waals surface area contributed by atoms with Crippen molar-refractivity contribution in [3.8, 4) is 11.5 Å². The van der Waals surface area contributed by atoms with Crippen LogP contribution in [-0.4, -0.2) is 30.1 Å². The average Bonchev–Trinajstić information content (AvgIpc) is 3.02. The zero-order valence-electron chi connectivity index (χ0n) is 12.6. The van der Waals surface area contributed by atoms with E-state index in [2.05, 4.69) is 15.3 Å². The van der Waals surface area contributed by atoms with Gasteiger partial charge in [0.15, 0.2) is 5.75 Å². The highest BCUT2D eigenvalue weighted by Crippen LogP contribution is 2.44. The summed E-state index contributed by atoms with van der Waals surface area (Å²) < 4.78 is 11.2. The summed E-state index contributed by atoms with van der Waals surface area (Å²) in [6.07, 6.45) is 3.05. The number of amides is 1. The molecule has 2 heterocycles. The minimum atomic E-state index is -0.353. The Labute approximate surface area is 151 Å². The molecule has 0 aliphatic rings. The van der Waals surface area contributed by atoms with Crippen LogP contribution >= 0.6 is 34.5 Å². The Bertz CT molecular complexity index is 930. The van der Waals surface area contributed by atoms with Gasteiger partial charge in [-0.1, -0.05) is 23.2 Å². The molecule has 0 saturated carbocycles. The van der Waals surface area contributed by atoms with Gasteiger partial charge in [0, 0.05) is 17.6 Å². The summed E-state index contributed by atoms with van der Waals surface area (Å²) in [5, 5.41) is 4.87. The third-order valence-corrected chi connectivity index (χ3v) is 4.92. The molecule has 2 aromatic heterocycles. The SMILES string of the molecule is COc1cc(NC(=O)c2csc3cncnc23)c(Cl)c(OC)c1Cl. The number of aromatic nitrogens is 2. The number of thiophene rings is 1. The lowest BCUT2D eigenvalue weighted by molar-refractivity contribution is 0.102. The van der Waals surface area contributed by atoms with Crippen molar-refractivity contribution in [3.63, 3.8) is 0 Å². The normalized spacial score (nSPS) is 10.7. The van der Waals surface area contributed by atoms with Crippen molar-refractivity contribution in [3.05, 3.63) is 39.6 Å². The molecular weight excluding hydrogens is 373 g/mol. The Balaban J connectivity index is 2.00. The fourth-order valence-corrected chi connectivity index (χ4v) is 3.63. The van der Waals surface area contributed by atoms with E-state index in [4.69, 9.17) is 32.7 Å². The monoisotopic (exact) mass is 383 g/mol. The Morgan fingerprint density at radius 2 is 2.04 bits per heavy atom. The fourth-order valence-electron chi connectivity index (χ4n) is 2.14. The van der Waals surface area contributed by atoms with E-state index in [0.29, 0.717) is 22.5 Å². The third-order valence-electron chi connectivity index (χ3n) is 3.28. The summed E-state index contributed by atoms with van der Waals surface area (Å²) in [5.74, 6) is 0.212. The summed E-state index contributed by atoms with van der Waals surface area (Å²) in [6, 6.07) is 1.54. The Morgan fingerprint density at radius 3 is 2.75 bits per heavy atom. The van der Waals surface area contributed by atoms with Gasteiger partial charge in [-0.05, 0) is 0 Å². The molecule has 1 N–H and O–H groups in total. The van der Waals surface area contributed by atoms with Gasteiger partial charge >= 0.3 is 0 Å². The van der Waals surface area contributed by atoms with E-state index in [1.165, 1.54) is 38.0 Å². The number of rotatable bonds is 4. The summed E-state index contributed by atoms with van der Waals surface area (Å²) in [4.78, 5) is 20.7. The number of benzene rings is 1. The molecule has 1 amide bonds. The molecule has 0 spiro atoms. The van der Waals surface area contributed by atoms with Crippen LogP contribution in [0.25, 0.3) is 10.2 Å². The molecule has 0 radical (unpaired) electrons. The number of ether oxygens (including phenoxy) is 2. The first-order valence-electron chi connectivity index (χ1n) is 6.65. The molecule has 124 valence electrons. The summed E-state index contributed by atoms with van der Waals surface area (Å²) in [5.41, 5.74) is 1.34. The number of nitrogens with zero attached hydrogens (tertiary/aromatic N) is 2. The zero-order valence-corrected chi connectivity index (χ0v) is 14.9. The first kappa shape index (κ1) is 16.8. The minimum Gasteiger partial charge on any atom is -0.495 e. The third kappa shape index (κ3) is 2.86. The number of carbonyl (C=O) groups is 1. The molecule has 3 rings (SSSR count). The maximum Gasteiger partial charge on any atom is 0.258 e. The smallest absolute Gasteiger partial charge is 0.258 e. The lowest BCUT2D eigenvalue weighted by atomic mass is 10.2. The van der Waals surface area contributed by atoms with Crippen molar-refractivity contribution in [1.29, 1.82) is 0 Å². The highest BCUT2D eigenvalue weighted by molar-refractivity contribution is 7.17. The lowest BCUT2D eigenvalue weighted by Gasteiger charge is -2.14. The second-order valence-corrected chi connectivity index (χ2v) is 6.29. The van der Waals surface area contributed by atoms with Crippen molar-refractivity contribution in [2.24, 2.45) is 0 Å². The number of methoxy groups -OCH3 is 2. The molecular formula is C15H11Cl2N3O3S. The van der Waals surface area contributed by atoms with Gasteiger partial charge in [-0.25, -0.2) is 9.97 Å². The first-order chi connectivity index (χ1) is 11.6. The van der Waals surface area contributed by atoms with Crippen molar-refractivity contribution < 1.29 is 14.3 Å². The first-order valence-corrected chi connectivity index (χ1v) is 8.29. The molecule has 0 unspecified atom stereocenters. The Kier molecular flexibility index (Phi) is 4.75. The van der Waals surface area contributed by atoms with Crippen molar-refractivity contribution in [1.82, 2.24) is 9.97 Å². The fraction of sp³-hybridized carbons (Fsp3) is 0.133. The number of hydrogen-bond donors (Lipinski definition) is 1. The molecule has 0 aliphatic heterocycles. The van der Waals surface area contributed by atoms with E-state index in [0.717, 1.165) is 4.70 Å². The van der Waals surface area contributed by atoms with Crippen LogP contribution in [0, 0.1) is 0 Å². The molecule has 24 heavy (non-hydrogen) atoms. The maximum absolute atomic E-state index is 12.6. The quantitative estimate of drug-likeness (QED) is 0.727. The van der Waals surface area contributed by atoms with E-state index in [1.54, 1.807) is 11.6 Å². The number of nitrogens with one attached hydrogen (secondary N) is 1. The molecule has 3 aromatic rings. The topological polar surface area (TPSA) is 73.3 Å². The molecule has 0 fully saturated rings. The molecule has 6 nitrogen and oxygen atoms in total. The number of anilines is 1. The van der Waals surface area contributed by atoms with Crippen molar-refractivity contribution >= 4 is 56.3 Å². The van der Waals surface area contributed by atoms with Crippen LogP contribution in [0.1, 0.15) is 10.4 Å². The number of hydrogen-bond acceptors (Lipinski definition) is 6. The summed E-state index contributed by atoms with van der Waals surface area (Å²) in [7, 11) is 2.89. The minimum absolute atomic E-state index is 0.186. The second-order valence-electron chi connectivity index (χ2n) is 4.63. The molecule has 0 bridgehead atoms. The molecule has 0 saturated heterocycles. The average molecular weight is 384 g/mol. The van der Waals surface area contributed by atoms with Gasteiger partial charge < -0.3 is 14.8 Å². The summed E-state index contributed by atoms with van der Waals surface area (Å²) in [6.45, 7) is 0. The van der Waals surface area contributed by atoms with Crippen LogP contribution in [-0.2, 0) is 0 Å². The van der Waals surface area contributed by atoms with Crippen LogP contribution in [0.5, 0.6) is 11.5 Å². The number of carbonyl (C=O) groups excluding carboxylic acids is 1. The highest BCUT2D eigenvalue weighted by atomic mass is 35.5. The number of fused-ring (bicyclic) bond motifs is 1. The largest absolute Gasteiger partial charge is 0.495 e. The van der Waals surface area contributed by atoms with E-state index in [1.807, 2.05) is 0 Å². The van der Waals surface area contributed by atoms with Crippen molar-refractivity contribution in [2.75, 3.05) is 19.5 Å². The van der Waals surface area contributed by atoms with Crippen molar-refractivity contribution in [2.45, 2.75) is 0 Å². The van der Waals surface area contributed by atoms with Gasteiger partial charge in [0.05, 0.1) is 35.7 Å². The van der Waals surface area contributed by atoms with Crippen LogP contribution in [0.15, 0.2) is 24.0 Å². The van der Waals surface area contributed by atoms with Gasteiger partial charge in [0.25, 0.3) is 5.91 Å². The van der Waals surface area contributed by atoms with Crippen LogP contribution in [0.4, 0.5) is 5.69 Å². The van der Waals surface area contributed by atoms with Gasteiger partial charge in [-0.2, -0.15) is 0 Å². The molecule has 1 aromatic carbocycles. The maximum atomic E-state index is 12.6. The van der Waals surface area contributed by atoms with Gasteiger partial charge in [0.1, 0.15) is 22.1 Å². The van der Waals surface area contributed by atoms with Crippen LogP contribution < -0.4 is 14.8 Å². The number of halogens is 2. The molecule has 0 atom stereocenters. The van der Waals surface area contributed by atoms with E-state index in [-0.39, 0.29) is 21.7 Å². The van der Waals surface area contributed by atoms with Gasteiger partial charge in [-0.15, -0.1) is 11.3 Å². The van der Waals surface area contributed by atoms with Gasteiger partial charge in [-0.3, -0.25) is 4.79 Å². The standard InChI is InChI=1S/C15H11Cl2N3O3S/c1-22-9-3-8(11(16)14(23-2)12(9)17)20-15(21)7-5-24-10-4-18-6-19-13(7)10/h3-6H,1-2H3,(H,20,21). The van der Waals surface area contributed by atoms with E-state index < -0.39 is 0 Å².